The van der Waals surface area contributed by atoms with Gasteiger partial charge in [0.25, 0.3) is 5.91 Å². The number of carbonyl (C=O) groups is 1. The second-order valence-corrected chi connectivity index (χ2v) is 9.49. The molecule has 24 heavy (non-hydrogen) atoms. The van der Waals surface area contributed by atoms with E-state index in [2.05, 4.69) is 10.0 Å². The van der Waals surface area contributed by atoms with E-state index in [1.165, 1.54) is 31.4 Å². The van der Waals surface area contributed by atoms with E-state index in [0.29, 0.717) is 6.42 Å². The summed E-state index contributed by atoms with van der Waals surface area (Å²) >= 11 is 0. The average Bonchev–Trinajstić information content (AvgIpc) is 2.86. The van der Waals surface area contributed by atoms with Crippen LogP contribution in [0.2, 0.25) is 0 Å². The molecule has 1 aromatic rings. The Morgan fingerprint density at radius 3 is 2.75 bits per heavy atom. The summed E-state index contributed by atoms with van der Waals surface area (Å²) in [7, 11) is -5.38. The van der Waals surface area contributed by atoms with Gasteiger partial charge < -0.3 is 10.1 Å². The zero-order valence-corrected chi connectivity index (χ0v) is 14.8. The molecular weight excluding hydrogens is 356 g/mol. The Morgan fingerprint density at radius 1 is 1.38 bits per heavy atom. The Hall–Kier alpha value is -1.49. The van der Waals surface area contributed by atoms with Crippen LogP contribution in [0.5, 0.6) is 0 Å². The SMILES string of the molecule is COCCNS(=O)(=O)c1cccc(C(=O)NC2CCS(=O)(=O)C2)c1. The maximum absolute atomic E-state index is 12.2. The zero-order valence-electron chi connectivity index (χ0n) is 13.2. The smallest absolute Gasteiger partial charge is 0.251 e. The molecule has 2 N–H and O–H groups in total. The number of methoxy groups -OCH3 is 1. The minimum absolute atomic E-state index is 0.0368. The van der Waals surface area contributed by atoms with E-state index in [9.17, 15) is 21.6 Å². The van der Waals surface area contributed by atoms with Crippen molar-refractivity contribution in [1.82, 2.24) is 10.0 Å². The predicted molar refractivity (Wildman–Crippen MR) is 88.0 cm³/mol. The highest BCUT2D eigenvalue weighted by Crippen LogP contribution is 2.14. The number of nitrogens with one attached hydrogen (secondary N) is 2. The van der Waals surface area contributed by atoms with E-state index in [0.717, 1.165) is 0 Å². The van der Waals surface area contributed by atoms with Crippen molar-refractivity contribution in [3.8, 4) is 0 Å². The number of sulfonamides is 1. The van der Waals surface area contributed by atoms with Crippen molar-refractivity contribution in [2.45, 2.75) is 17.4 Å². The zero-order chi connectivity index (χ0) is 17.8. The van der Waals surface area contributed by atoms with Crippen LogP contribution in [0.25, 0.3) is 0 Å². The normalized spacial score (nSPS) is 20.0. The summed E-state index contributed by atoms with van der Waals surface area (Å²) in [6.45, 7) is 0.352. The van der Waals surface area contributed by atoms with Gasteiger partial charge in [-0.1, -0.05) is 6.07 Å². The third-order valence-electron chi connectivity index (χ3n) is 3.57. The molecule has 1 heterocycles. The Kier molecular flexibility index (Phi) is 5.97. The first-order valence-electron chi connectivity index (χ1n) is 7.33. The van der Waals surface area contributed by atoms with Gasteiger partial charge in [0, 0.05) is 25.3 Å². The largest absolute Gasteiger partial charge is 0.383 e. The molecule has 1 saturated heterocycles. The number of benzene rings is 1. The molecule has 134 valence electrons. The molecule has 0 bridgehead atoms. The van der Waals surface area contributed by atoms with E-state index in [1.54, 1.807) is 0 Å². The molecule has 10 heteroatoms. The van der Waals surface area contributed by atoms with Gasteiger partial charge in [0.2, 0.25) is 10.0 Å². The van der Waals surface area contributed by atoms with Gasteiger partial charge in [-0.05, 0) is 24.6 Å². The van der Waals surface area contributed by atoms with Crippen LogP contribution in [0.4, 0.5) is 0 Å². The van der Waals surface area contributed by atoms with E-state index < -0.39 is 31.8 Å². The third kappa shape index (κ3) is 5.00. The van der Waals surface area contributed by atoms with Crippen molar-refractivity contribution >= 4 is 25.8 Å². The van der Waals surface area contributed by atoms with Crippen molar-refractivity contribution in [2.24, 2.45) is 0 Å². The van der Waals surface area contributed by atoms with E-state index in [-0.39, 0.29) is 35.1 Å². The summed E-state index contributed by atoms with van der Waals surface area (Å²) in [5, 5.41) is 2.63. The Balaban J connectivity index is 2.08. The maximum Gasteiger partial charge on any atom is 0.251 e. The van der Waals surface area contributed by atoms with Crippen LogP contribution in [0.1, 0.15) is 16.8 Å². The van der Waals surface area contributed by atoms with Gasteiger partial charge in [-0.2, -0.15) is 0 Å². The molecular formula is C14H20N2O6S2. The number of sulfone groups is 1. The first-order chi connectivity index (χ1) is 11.2. The number of carbonyl (C=O) groups excluding carboxylic acids is 1. The van der Waals surface area contributed by atoms with E-state index in [4.69, 9.17) is 4.74 Å². The lowest BCUT2D eigenvalue weighted by Gasteiger charge is -2.12. The predicted octanol–water partition coefficient (Wildman–Crippen LogP) is -0.472. The molecule has 2 rings (SSSR count). The quantitative estimate of drug-likeness (QED) is 0.621. The average molecular weight is 376 g/mol. The number of amides is 1. The first-order valence-corrected chi connectivity index (χ1v) is 10.6. The second kappa shape index (κ2) is 7.60. The Morgan fingerprint density at radius 2 is 2.12 bits per heavy atom. The lowest BCUT2D eigenvalue weighted by atomic mass is 10.2. The van der Waals surface area contributed by atoms with E-state index >= 15 is 0 Å². The van der Waals surface area contributed by atoms with Gasteiger partial charge in [-0.15, -0.1) is 0 Å². The highest BCUT2D eigenvalue weighted by Gasteiger charge is 2.29. The summed E-state index contributed by atoms with van der Waals surface area (Å²) in [5.41, 5.74) is 0.161. The van der Waals surface area contributed by atoms with Crippen LogP contribution in [-0.2, 0) is 24.6 Å². The summed E-state index contributed by atoms with van der Waals surface area (Å²) in [6, 6.07) is 5.14. The minimum Gasteiger partial charge on any atom is -0.383 e. The van der Waals surface area contributed by atoms with Gasteiger partial charge in [0.05, 0.1) is 23.0 Å². The highest BCUT2D eigenvalue weighted by molar-refractivity contribution is 7.91. The van der Waals surface area contributed by atoms with Crippen LogP contribution < -0.4 is 10.0 Å². The van der Waals surface area contributed by atoms with Crippen LogP contribution >= 0.6 is 0 Å². The van der Waals surface area contributed by atoms with Gasteiger partial charge >= 0.3 is 0 Å². The lowest BCUT2D eigenvalue weighted by molar-refractivity contribution is 0.0941. The van der Waals surface area contributed by atoms with Crippen LogP contribution in [-0.4, -0.2) is 60.6 Å². The molecule has 1 fully saturated rings. The Labute approximate surface area is 141 Å². The van der Waals surface area contributed by atoms with Gasteiger partial charge in [0.15, 0.2) is 9.84 Å². The number of hydrogen-bond acceptors (Lipinski definition) is 6. The molecule has 0 spiro atoms. The molecule has 0 radical (unpaired) electrons. The number of rotatable bonds is 7. The van der Waals surface area contributed by atoms with Crippen molar-refractivity contribution in [3.63, 3.8) is 0 Å². The van der Waals surface area contributed by atoms with Crippen LogP contribution in [0, 0.1) is 0 Å². The van der Waals surface area contributed by atoms with E-state index in [1.807, 2.05) is 0 Å². The molecule has 1 atom stereocenters. The molecule has 1 amide bonds. The van der Waals surface area contributed by atoms with Crippen LogP contribution in [0.3, 0.4) is 0 Å². The summed E-state index contributed by atoms with van der Waals surface area (Å²) < 4.78 is 54.3. The fourth-order valence-electron chi connectivity index (χ4n) is 2.34. The molecule has 8 nitrogen and oxygen atoms in total. The van der Waals surface area contributed by atoms with Crippen molar-refractivity contribution < 1.29 is 26.4 Å². The number of ether oxygens (including phenoxy) is 1. The van der Waals surface area contributed by atoms with Gasteiger partial charge in [-0.25, -0.2) is 21.6 Å². The molecule has 1 unspecified atom stereocenters. The standard InChI is InChI=1S/C14H20N2O6S2/c1-22-7-6-15-24(20,21)13-4-2-3-11(9-13)14(17)16-12-5-8-23(18,19)10-12/h2-4,9,12,15H,5-8,10H2,1H3,(H,16,17). The molecule has 0 saturated carbocycles. The molecule has 1 aromatic carbocycles. The highest BCUT2D eigenvalue weighted by atomic mass is 32.2. The Bertz CT molecular complexity index is 804. The van der Waals surface area contributed by atoms with Gasteiger partial charge in [0.1, 0.15) is 0 Å². The second-order valence-electron chi connectivity index (χ2n) is 5.49. The first kappa shape index (κ1) is 18.8. The topological polar surface area (TPSA) is 119 Å². The fourth-order valence-corrected chi connectivity index (χ4v) is 5.08. The summed E-state index contributed by atoms with van der Waals surface area (Å²) in [4.78, 5) is 12.2. The third-order valence-corrected chi connectivity index (χ3v) is 6.80. The van der Waals surface area contributed by atoms with Gasteiger partial charge in [-0.3, -0.25) is 4.79 Å². The van der Waals surface area contributed by atoms with Crippen molar-refractivity contribution in [1.29, 1.82) is 0 Å². The molecule has 0 aromatic heterocycles. The molecule has 1 aliphatic rings. The molecule has 1 aliphatic heterocycles. The summed E-state index contributed by atoms with van der Waals surface area (Å²) in [6.07, 6.45) is 0.366. The maximum atomic E-state index is 12.2. The summed E-state index contributed by atoms with van der Waals surface area (Å²) in [5.74, 6) is -0.531. The van der Waals surface area contributed by atoms with Crippen molar-refractivity contribution in [3.05, 3.63) is 29.8 Å². The van der Waals surface area contributed by atoms with Crippen LogP contribution in [0.15, 0.2) is 29.2 Å². The van der Waals surface area contributed by atoms with Crippen molar-refractivity contribution in [2.75, 3.05) is 31.8 Å². The number of hydrogen-bond donors (Lipinski definition) is 2. The lowest BCUT2D eigenvalue weighted by Crippen LogP contribution is -2.35. The monoisotopic (exact) mass is 376 g/mol. The fraction of sp³-hybridized carbons (Fsp3) is 0.500. The molecule has 0 aliphatic carbocycles. The minimum atomic E-state index is -3.74.